The van der Waals surface area contributed by atoms with Gasteiger partial charge in [0.25, 0.3) is 0 Å². The largest absolute Gasteiger partial charge is 0.355 e. The summed E-state index contributed by atoms with van der Waals surface area (Å²) in [7, 11) is 0. The number of aromatic amines is 1. The van der Waals surface area contributed by atoms with Crippen LogP contribution in [-0.2, 0) is 11.2 Å². The molecule has 2 fully saturated rings. The van der Waals surface area contributed by atoms with Gasteiger partial charge in [-0.2, -0.15) is 0 Å². The van der Waals surface area contributed by atoms with E-state index in [0.29, 0.717) is 6.42 Å². The van der Waals surface area contributed by atoms with E-state index in [0.717, 1.165) is 74.4 Å². The lowest BCUT2D eigenvalue weighted by Crippen LogP contribution is -2.52. The molecule has 7 heteroatoms. The number of fused-ring (bicyclic) bond motifs is 1. The second-order valence-electron chi connectivity index (χ2n) is 8.35. The molecule has 0 bridgehead atoms. The number of piperidine rings is 2. The second kappa shape index (κ2) is 7.46. The number of anilines is 1. The number of hydrogen-bond acceptors (Lipinski definition) is 5. The molecule has 29 heavy (non-hydrogen) atoms. The molecule has 3 aromatic rings. The van der Waals surface area contributed by atoms with Crippen LogP contribution in [0.3, 0.4) is 0 Å². The van der Waals surface area contributed by atoms with Crippen LogP contribution in [0, 0.1) is 5.41 Å². The fourth-order valence-corrected chi connectivity index (χ4v) is 4.70. The summed E-state index contributed by atoms with van der Waals surface area (Å²) in [6.07, 6.45) is 10.1. The third-order valence-electron chi connectivity index (χ3n) is 6.54. The van der Waals surface area contributed by atoms with Crippen molar-refractivity contribution in [3.63, 3.8) is 0 Å². The van der Waals surface area contributed by atoms with Crippen LogP contribution in [0.1, 0.15) is 31.4 Å². The molecule has 1 spiro atoms. The Labute approximate surface area is 170 Å². The van der Waals surface area contributed by atoms with Gasteiger partial charge in [0, 0.05) is 50.9 Å². The maximum absolute atomic E-state index is 12.5. The van der Waals surface area contributed by atoms with Crippen LogP contribution >= 0.6 is 0 Å². The van der Waals surface area contributed by atoms with Gasteiger partial charge in [0.05, 0.1) is 23.6 Å². The first kappa shape index (κ1) is 18.1. The predicted octanol–water partition coefficient (Wildman–Crippen LogP) is 2.80. The number of para-hydroxylation sites is 2. The van der Waals surface area contributed by atoms with Gasteiger partial charge in [0.15, 0.2) is 0 Å². The summed E-state index contributed by atoms with van der Waals surface area (Å²) < 4.78 is 0. The Morgan fingerprint density at radius 2 is 1.90 bits per heavy atom. The maximum Gasteiger partial charge on any atom is 0.222 e. The average molecular weight is 390 g/mol. The normalized spacial score (nSPS) is 19.2. The fraction of sp³-hybridized carbons (Fsp3) is 0.455. The van der Waals surface area contributed by atoms with E-state index in [2.05, 4.69) is 24.8 Å². The summed E-state index contributed by atoms with van der Waals surface area (Å²) in [6.45, 7) is 3.57. The van der Waals surface area contributed by atoms with Crippen molar-refractivity contribution in [2.24, 2.45) is 5.41 Å². The van der Waals surface area contributed by atoms with E-state index in [9.17, 15) is 4.79 Å². The number of carbonyl (C=O) groups is 1. The number of H-pyrrole nitrogens is 1. The van der Waals surface area contributed by atoms with Crippen molar-refractivity contribution >= 4 is 22.8 Å². The number of nitrogens with zero attached hydrogens (tertiary/aromatic N) is 5. The van der Waals surface area contributed by atoms with Crippen molar-refractivity contribution in [3.05, 3.63) is 48.7 Å². The van der Waals surface area contributed by atoms with Crippen molar-refractivity contribution in [2.75, 3.05) is 31.1 Å². The highest BCUT2D eigenvalue weighted by atomic mass is 16.2. The summed E-state index contributed by atoms with van der Waals surface area (Å²) in [5.41, 5.74) is 3.20. The monoisotopic (exact) mass is 390 g/mol. The molecule has 5 rings (SSSR count). The Balaban J connectivity index is 1.24. The number of rotatable bonds is 4. The van der Waals surface area contributed by atoms with Crippen LogP contribution in [0.2, 0.25) is 0 Å². The Morgan fingerprint density at radius 3 is 2.69 bits per heavy atom. The minimum atomic E-state index is 0.239. The number of amides is 1. The fourth-order valence-electron chi connectivity index (χ4n) is 4.70. The van der Waals surface area contributed by atoms with E-state index in [1.165, 1.54) is 0 Å². The van der Waals surface area contributed by atoms with Gasteiger partial charge in [-0.3, -0.25) is 9.78 Å². The third kappa shape index (κ3) is 3.69. The van der Waals surface area contributed by atoms with E-state index in [1.54, 1.807) is 6.33 Å². The van der Waals surface area contributed by atoms with Crippen LogP contribution < -0.4 is 4.90 Å². The molecule has 150 valence electrons. The maximum atomic E-state index is 12.5. The van der Waals surface area contributed by atoms with Crippen LogP contribution in [0.4, 0.5) is 5.82 Å². The van der Waals surface area contributed by atoms with Gasteiger partial charge in [-0.05, 0) is 36.8 Å². The van der Waals surface area contributed by atoms with E-state index in [1.807, 2.05) is 36.7 Å². The van der Waals surface area contributed by atoms with Gasteiger partial charge < -0.3 is 14.8 Å². The van der Waals surface area contributed by atoms with Gasteiger partial charge in [-0.15, -0.1) is 0 Å². The minimum absolute atomic E-state index is 0.239. The molecule has 1 aromatic carbocycles. The van der Waals surface area contributed by atoms with Crippen molar-refractivity contribution in [2.45, 2.75) is 32.1 Å². The highest BCUT2D eigenvalue weighted by molar-refractivity contribution is 5.77. The highest BCUT2D eigenvalue weighted by Crippen LogP contribution is 2.41. The molecular weight excluding hydrogens is 364 g/mol. The molecule has 7 nitrogen and oxygen atoms in total. The van der Waals surface area contributed by atoms with E-state index < -0.39 is 0 Å². The van der Waals surface area contributed by atoms with E-state index >= 15 is 0 Å². The van der Waals surface area contributed by atoms with Gasteiger partial charge in [0.2, 0.25) is 5.91 Å². The summed E-state index contributed by atoms with van der Waals surface area (Å²) in [5.74, 6) is 1.25. The first-order valence-corrected chi connectivity index (χ1v) is 10.4. The number of likely N-dealkylation sites (tertiary alicyclic amines) is 1. The Kier molecular flexibility index (Phi) is 4.66. The van der Waals surface area contributed by atoms with E-state index in [-0.39, 0.29) is 11.3 Å². The zero-order valence-corrected chi connectivity index (χ0v) is 16.5. The van der Waals surface area contributed by atoms with Crippen molar-refractivity contribution in [1.82, 2.24) is 24.8 Å². The van der Waals surface area contributed by atoms with E-state index in [4.69, 9.17) is 4.98 Å². The SMILES string of the molecule is O=C1CCC2(CCN(c3cnc4ccccc4n3)CC2)CN1CCc1cnc[nH]1. The lowest BCUT2D eigenvalue weighted by atomic mass is 9.72. The van der Waals surface area contributed by atoms with Crippen LogP contribution in [0.25, 0.3) is 11.0 Å². The quantitative estimate of drug-likeness (QED) is 0.741. The molecule has 2 aliphatic rings. The number of hydrogen-bond donors (Lipinski definition) is 1. The summed E-state index contributed by atoms with van der Waals surface area (Å²) in [4.78, 5) is 33.4. The zero-order valence-electron chi connectivity index (χ0n) is 16.5. The first-order chi connectivity index (χ1) is 14.2. The molecule has 1 amide bonds. The van der Waals surface area contributed by atoms with Crippen molar-refractivity contribution in [1.29, 1.82) is 0 Å². The molecule has 0 radical (unpaired) electrons. The molecule has 0 unspecified atom stereocenters. The Bertz CT molecular complexity index is 993. The van der Waals surface area contributed by atoms with Crippen molar-refractivity contribution in [3.8, 4) is 0 Å². The number of carbonyl (C=O) groups excluding carboxylic acids is 1. The standard InChI is InChI=1S/C22H26N6O/c29-21-5-7-22(15-28(21)10-6-17-13-23-16-25-17)8-11-27(12-9-22)20-14-24-18-3-1-2-4-19(18)26-20/h1-4,13-14,16H,5-12,15H2,(H,23,25). The molecule has 1 N–H and O–H groups in total. The molecular formula is C22H26N6O. The molecule has 0 aliphatic carbocycles. The van der Waals surface area contributed by atoms with Gasteiger partial charge in [-0.25, -0.2) is 9.97 Å². The molecule has 4 heterocycles. The molecule has 0 atom stereocenters. The van der Waals surface area contributed by atoms with Crippen LogP contribution in [0.15, 0.2) is 43.0 Å². The second-order valence-corrected chi connectivity index (χ2v) is 8.35. The number of aromatic nitrogens is 4. The van der Waals surface area contributed by atoms with Gasteiger partial charge >= 0.3 is 0 Å². The smallest absolute Gasteiger partial charge is 0.222 e. The Hall–Kier alpha value is -2.96. The lowest BCUT2D eigenvalue weighted by molar-refractivity contribution is -0.138. The number of imidazole rings is 1. The minimum Gasteiger partial charge on any atom is -0.355 e. The Morgan fingerprint density at radius 1 is 1.07 bits per heavy atom. The van der Waals surface area contributed by atoms with Gasteiger partial charge in [0.1, 0.15) is 5.82 Å². The number of nitrogens with one attached hydrogen (secondary N) is 1. The molecule has 2 saturated heterocycles. The highest BCUT2D eigenvalue weighted by Gasteiger charge is 2.41. The first-order valence-electron chi connectivity index (χ1n) is 10.4. The topological polar surface area (TPSA) is 78.0 Å². The summed E-state index contributed by atoms with van der Waals surface area (Å²) in [6, 6.07) is 8.00. The number of benzene rings is 1. The zero-order chi connectivity index (χ0) is 19.7. The lowest BCUT2D eigenvalue weighted by Gasteiger charge is -2.47. The predicted molar refractivity (Wildman–Crippen MR) is 112 cm³/mol. The summed E-state index contributed by atoms with van der Waals surface area (Å²) >= 11 is 0. The molecule has 0 saturated carbocycles. The third-order valence-corrected chi connectivity index (χ3v) is 6.54. The van der Waals surface area contributed by atoms with Crippen LogP contribution in [0.5, 0.6) is 0 Å². The van der Waals surface area contributed by atoms with Crippen molar-refractivity contribution < 1.29 is 4.79 Å². The summed E-state index contributed by atoms with van der Waals surface area (Å²) in [5, 5.41) is 0. The van der Waals surface area contributed by atoms with Crippen LogP contribution in [-0.4, -0.2) is 56.9 Å². The average Bonchev–Trinajstić information content (AvgIpc) is 3.28. The van der Waals surface area contributed by atoms with Gasteiger partial charge in [-0.1, -0.05) is 12.1 Å². The molecule has 2 aliphatic heterocycles. The molecule has 2 aromatic heterocycles.